The van der Waals surface area contributed by atoms with Crippen LogP contribution in [0.4, 0.5) is 9.93 Å². The minimum absolute atomic E-state index is 0.0325. The van der Waals surface area contributed by atoms with Gasteiger partial charge in [0.2, 0.25) is 5.91 Å². The highest BCUT2D eigenvalue weighted by Gasteiger charge is 2.15. The first-order valence-corrected chi connectivity index (χ1v) is 8.11. The Morgan fingerprint density at radius 2 is 2.18 bits per heavy atom. The van der Waals surface area contributed by atoms with Gasteiger partial charge in [-0.15, -0.1) is 0 Å². The third-order valence-electron chi connectivity index (χ3n) is 2.78. The van der Waals surface area contributed by atoms with Gasteiger partial charge in [0.05, 0.1) is 18.0 Å². The van der Waals surface area contributed by atoms with E-state index in [0.29, 0.717) is 16.6 Å². The maximum Gasteiger partial charge on any atom is 0.407 e. The second-order valence-corrected chi connectivity index (χ2v) is 6.16. The molecule has 0 aliphatic heterocycles. The van der Waals surface area contributed by atoms with Crippen molar-refractivity contribution in [2.24, 2.45) is 5.92 Å². The number of alkyl carbamates (subject to hydrolysis) is 1. The lowest BCUT2D eigenvalue weighted by Crippen LogP contribution is -2.29. The fourth-order valence-electron chi connectivity index (χ4n) is 1.39. The number of hydrogen-bond donors (Lipinski definition) is 3. The number of aliphatic hydroxyl groups is 1. The van der Waals surface area contributed by atoms with Crippen molar-refractivity contribution in [3.05, 3.63) is 11.1 Å². The molecular weight excluding hydrogens is 306 g/mol. The maximum atomic E-state index is 11.6. The van der Waals surface area contributed by atoms with E-state index in [2.05, 4.69) is 15.6 Å². The molecule has 1 aromatic rings. The van der Waals surface area contributed by atoms with Gasteiger partial charge in [0.1, 0.15) is 6.10 Å². The molecule has 3 N–H and O–H groups in total. The van der Waals surface area contributed by atoms with Crippen molar-refractivity contribution in [2.45, 2.75) is 39.7 Å². The number of nitrogens with zero attached hydrogens (tertiary/aromatic N) is 1. The molecule has 124 valence electrons. The predicted molar refractivity (Wildman–Crippen MR) is 84.8 cm³/mol. The highest BCUT2D eigenvalue weighted by atomic mass is 32.1. The summed E-state index contributed by atoms with van der Waals surface area (Å²) in [6.45, 7) is 5.97. The van der Waals surface area contributed by atoms with Gasteiger partial charge in [-0.2, -0.15) is 0 Å². The summed E-state index contributed by atoms with van der Waals surface area (Å²) < 4.78 is 4.92. The van der Waals surface area contributed by atoms with Gasteiger partial charge in [-0.25, -0.2) is 9.78 Å². The Bertz CT molecular complexity index is 490. The Hall–Kier alpha value is -1.67. The van der Waals surface area contributed by atoms with Crippen LogP contribution in [0.5, 0.6) is 0 Å². The van der Waals surface area contributed by atoms with Gasteiger partial charge in [0.25, 0.3) is 0 Å². The van der Waals surface area contributed by atoms with Gasteiger partial charge < -0.3 is 20.5 Å². The van der Waals surface area contributed by atoms with Crippen molar-refractivity contribution >= 4 is 28.5 Å². The summed E-state index contributed by atoms with van der Waals surface area (Å²) >= 11 is 1.17. The number of unbranched alkanes of at least 4 members (excludes halogenated alkanes) is 1. The summed E-state index contributed by atoms with van der Waals surface area (Å²) in [4.78, 5) is 27.5. The molecule has 1 atom stereocenters. The number of amides is 2. The third-order valence-corrected chi connectivity index (χ3v) is 3.79. The molecule has 8 heteroatoms. The van der Waals surface area contributed by atoms with E-state index < -0.39 is 12.2 Å². The minimum atomic E-state index is -0.888. The van der Waals surface area contributed by atoms with E-state index in [-0.39, 0.29) is 18.4 Å². The van der Waals surface area contributed by atoms with Crippen LogP contribution in [-0.2, 0) is 9.53 Å². The van der Waals surface area contributed by atoms with Crippen molar-refractivity contribution in [2.75, 3.05) is 18.5 Å². The number of nitrogens with one attached hydrogen (secondary N) is 2. The number of ether oxygens (including phenoxy) is 1. The smallest absolute Gasteiger partial charge is 0.407 e. The Morgan fingerprint density at radius 1 is 1.45 bits per heavy atom. The summed E-state index contributed by atoms with van der Waals surface area (Å²) in [6, 6.07) is 0. The van der Waals surface area contributed by atoms with Crippen LogP contribution in [0, 0.1) is 5.92 Å². The van der Waals surface area contributed by atoms with Gasteiger partial charge in [0, 0.05) is 12.1 Å². The lowest BCUT2D eigenvalue weighted by Gasteiger charge is -2.10. The van der Waals surface area contributed by atoms with Crippen molar-refractivity contribution in [1.82, 2.24) is 10.3 Å². The first-order chi connectivity index (χ1) is 10.4. The molecule has 0 bridgehead atoms. The maximum absolute atomic E-state index is 11.6. The van der Waals surface area contributed by atoms with Crippen molar-refractivity contribution in [3.63, 3.8) is 0 Å². The van der Waals surface area contributed by atoms with Crippen LogP contribution < -0.4 is 10.6 Å². The second-order valence-electron chi connectivity index (χ2n) is 5.10. The molecule has 0 saturated heterocycles. The highest BCUT2D eigenvalue weighted by Crippen LogP contribution is 2.24. The molecule has 0 saturated carbocycles. The summed E-state index contributed by atoms with van der Waals surface area (Å²) in [7, 11) is 0. The molecule has 1 rings (SSSR count). The zero-order chi connectivity index (χ0) is 16.5. The van der Waals surface area contributed by atoms with Crippen molar-refractivity contribution < 1.29 is 19.4 Å². The summed E-state index contributed by atoms with van der Waals surface area (Å²) in [6.07, 6.45) is 1.80. The Morgan fingerprint density at radius 3 is 2.82 bits per heavy atom. The quantitative estimate of drug-likeness (QED) is 0.635. The van der Waals surface area contributed by atoms with E-state index in [4.69, 9.17) is 4.74 Å². The van der Waals surface area contributed by atoms with E-state index in [9.17, 15) is 14.7 Å². The van der Waals surface area contributed by atoms with Gasteiger partial charge in [-0.1, -0.05) is 38.5 Å². The van der Waals surface area contributed by atoms with E-state index in [1.807, 2.05) is 6.92 Å². The van der Waals surface area contributed by atoms with Gasteiger partial charge in [0.15, 0.2) is 5.13 Å². The SMILES string of the molecule is CCCCOC(=O)NCC(O)c1cnc(NC(=O)C(C)C)s1. The number of carbonyl (C=O) groups excluding carboxylic acids is 2. The fraction of sp³-hybridized carbons (Fsp3) is 0.643. The Labute approximate surface area is 134 Å². The number of aliphatic hydroxyl groups excluding tert-OH is 1. The third kappa shape index (κ3) is 6.40. The number of aromatic nitrogens is 1. The molecular formula is C14H23N3O4S. The second kappa shape index (κ2) is 9.37. The zero-order valence-electron chi connectivity index (χ0n) is 13.1. The van der Waals surface area contributed by atoms with Gasteiger partial charge >= 0.3 is 6.09 Å². The van der Waals surface area contributed by atoms with Crippen LogP contribution in [0.1, 0.15) is 44.6 Å². The lowest BCUT2D eigenvalue weighted by molar-refractivity contribution is -0.118. The molecule has 1 unspecified atom stereocenters. The fourth-order valence-corrected chi connectivity index (χ4v) is 2.19. The van der Waals surface area contributed by atoms with E-state index in [1.54, 1.807) is 13.8 Å². The number of hydrogen-bond acceptors (Lipinski definition) is 6. The molecule has 1 aromatic heterocycles. The van der Waals surface area contributed by atoms with Crippen LogP contribution in [0.25, 0.3) is 0 Å². The van der Waals surface area contributed by atoms with Crippen LogP contribution in [0.15, 0.2) is 6.20 Å². The number of carbonyl (C=O) groups is 2. The first-order valence-electron chi connectivity index (χ1n) is 7.29. The Balaban J connectivity index is 2.39. The van der Waals surface area contributed by atoms with Crippen LogP contribution >= 0.6 is 11.3 Å². The van der Waals surface area contributed by atoms with Crippen LogP contribution in [-0.4, -0.2) is 35.2 Å². The zero-order valence-corrected chi connectivity index (χ0v) is 13.9. The largest absolute Gasteiger partial charge is 0.450 e. The Kier molecular flexibility index (Phi) is 7.83. The average molecular weight is 329 g/mol. The lowest BCUT2D eigenvalue weighted by atomic mass is 10.2. The van der Waals surface area contributed by atoms with Crippen molar-refractivity contribution in [3.8, 4) is 0 Å². The minimum Gasteiger partial charge on any atom is -0.450 e. The average Bonchev–Trinajstić information content (AvgIpc) is 2.93. The molecule has 2 amide bonds. The summed E-state index contributed by atoms with van der Waals surface area (Å²) in [5.41, 5.74) is 0. The molecule has 0 aromatic carbocycles. The highest BCUT2D eigenvalue weighted by molar-refractivity contribution is 7.15. The van der Waals surface area contributed by atoms with Gasteiger partial charge in [-0.3, -0.25) is 4.79 Å². The van der Waals surface area contributed by atoms with E-state index in [1.165, 1.54) is 17.5 Å². The summed E-state index contributed by atoms with van der Waals surface area (Å²) in [5.74, 6) is -0.273. The molecule has 0 aliphatic carbocycles. The number of anilines is 1. The van der Waals surface area contributed by atoms with Gasteiger partial charge in [-0.05, 0) is 6.42 Å². The molecule has 0 radical (unpaired) electrons. The van der Waals surface area contributed by atoms with Crippen LogP contribution in [0.2, 0.25) is 0 Å². The molecule has 0 fully saturated rings. The number of thiazole rings is 1. The number of rotatable bonds is 8. The van der Waals surface area contributed by atoms with E-state index in [0.717, 1.165) is 12.8 Å². The summed E-state index contributed by atoms with van der Waals surface area (Å²) in [5, 5.41) is 15.6. The van der Waals surface area contributed by atoms with E-state index >= 15 is 0 Å². The molecule has 0 aliphatic rings. The first kappa shape index (κ1) is 18.4. The monoisotopic (exact) mass is 329 g/mol. The molecule has 22 heavy (non-hydrogen) atoms. The molecule has 1 heterocycles. The molecule has 0 spiro atoms. The predicted octanol–water partition coefficient (Wildman–Crippen LogP) is 2.30. The normalized spacial score (nSPS) is 12.0. The molecule has 7 nitrogen and oxygen atoms in total. The standard InChI is InChI=1S/C14H23N3O4S/c1-4-5-6-21-14(20)16-7-10(18)11-8-15-13(22-11)17-12(19)9(2)3/h8-10,18H,4-7H2,1-3H3,(H,16,20)(H,15,17,19). The topological polar surface area (TPSA) is 101 Å². The van der Waals surface area contributed by atoms with Crippen LogP contribution in [0.3, 0.4) is 0 Å². The van der Waals surface area contributed by atoms with Crippen molar-refractivity contribution in [1.29, 1.82) is 0 Å².